The van der Waals surface area contributed by atoms with E-state index in [2.05, 4.69) is 184 Å². The number of halogens is 1. The molecule has 0 radical (unpaired) electrons. The second-order valence-corrected chi connectivity index (χ2v) is 64.8. The van der Waals surface area contributed by atoms with Gasteiger partial charge < -0.3 is 57.6 Å². The number of hydrogen-bond acceptors (Lipinski definition) is 28. The van der Waals surface area contributed by atoms with Gasteiger partial charge in [0.25, 0.3) is 5.56 Å². The number of hydrogen-bond donors (Lipinski definition) is 2. The number of carboxylic acids is 1. The summed E-state index contributed by atoms with van der Waals surface area (Å²) in [4.78, 5) is 116. The molecule has 784 valence electrons. The van der Waals surface area contributed by atoms with Gasteiger partial charge in [0.05, 0.1) is 137 Å². The monoisotopic (exact) mass is 2090 g/mol. The lowest BCUT2D eigenvalue weighted by Gasteiger charge is -2.32. The fourth-order valence-electron chi connectivity index (χ4n) is 14.6. The standard InChI is InChI=1S/C25H33N5O2Si.C20H21N5O2.C18H28N4O3Si.C16H24N4O3Si.C14H23BN2O4.C10H17ClN2OSi/c1-19-15-23(32-13-14-33(2,3)4)28-25(27-19)22-16-26-30(18-22)12-10-24(31)29-11-9-20-7-5-6-8-21(20)17-29;1-14-10-18(26)23-20(22-14)17-11-21-25(13-17)9-7-19(27)24-8-6-15-4-2-3-5-16(15)12-24;1-6-24-17(23)7-8-22-13-15(12-19-22)18-20-14(2)11-16(21-18)25-9-10-26(3,4)5;1-12-9-14(23-7-8-24(2,3)4)19-16(18-12)13-10-17-20(11-13)6-5-15(21)22;1-6-19-12(18)7-8-17-10-11(9-16-17)15-20-13(2,3)14(4,5)21-15;1-8-7-9(13-10(11)12-8)14-5-6-15(2,3)4/h5-8,15-16,18H,9-14,17H2,1-4H3;2-5,10-11,13H,6-9,12H2,1H3,(H,22,23,26);11-13H,6-10H2,1-5H3;9-11H,5-8H2,1-4H3,(H,21,22);9-10H,6-8H2,1-5H3;7H,5-6H2,1-4H3. The van der Waals surface area contributed by atoms with Gasteiger partial charge in [-0.2, -0.15) is 45.4 Å². The van der Waals surface area contributed by atoms with E-state index in [1.807, 2.05) is 120 Å². The first-order valence-electron chi connectivity index (χ1n) is 49.9. The van der Waals surface area contributed by atoms with Crippen molar-refractivity contribution in [2.45, 2.75) is 281 Å². The fraction of sp³-hybridized carbons (Fsp3) is 0.495. The maximum Gasteiger partial charge on any atom is 0.498 e. The van der Waals surface area contributed by atoms with Crippen molar-refractivity contribution in [1.29, 1.82) is 0 Å². The lowest BCUT2D eigenvalue weighted by Crippen LogP contribution is -2.41. The van der Waals surface area contributed by atoms with Crippen LogP contribution in [0.5, 0.6) is 23.5 Å². The van der Waals surface area contributed by atoms with Gasteiger partial charge >= 0.3 is 25.0 Å². The van der Waals surface area contributed by atoms with Gasteiger partial charge in [0.2, 0.25) is 40.6 Å². The molecule has 0 spiro atoms. The molecular weight excluding hydrogens is 1940 g/mol. The third kappa shape index (κ3) is 39.3. The molecule has 2 aromatic carbocycles. The largest absolute Gasteiger partial charge is 0.498 e. The summed E-state index contributed by atoms with van der Waals surface area (Å²) in [5, 5.41) is 30.4. The summed E-state index contributed by atoms with van der Waals surface area (Å²) in [5.41, 5.74) is 12.2. The summed E-state index contributed by atoms with van der Waals surface area (Å²) in [6.45, 7) is 57.5. The topological polar surface area (TPSA) is 424 Å². The number of aromatic nitrogens is 20. The van der Waals surface area contributed by atoms with Gasteiger partial charge in [-0.1, -0.05) is 127 Å². The zero-order valence-electron chi connectivity index (χ0n) is 89.2. The number of benzene rings is 2. The quantitative estimate of drug-likeness (QED) is 0.0206. The van der Waals surface area contributed by atoms with E-state index in [0.717, 1.165) is 101 Å². The molecule has 1 saturated heterocycles. The van der Waals surface area contributed by atoms with Crippen LogP contribution in [-0.4, -0.2) is 247 Å². The Morgan fingerprint density at radius 3 is 1.10 bits per heavy atom. The molecule has 0 aliphatic carbocycles. The van der Waals surface area contributed by atoms with Crippen LogP contribution in [-0.2, 0) is 101 Å². The van der Waals surface area contributed by atoms with E-state index < -0.39 is 45.4 Å². The third-order valence-corrected chi connectivity index (χ3v) is 30.7. The molecule has 0 atom stereocenters. The van der Waals surface area contributed by atoms with Crippen LogP contribution in [0.15, 0.2) is 146 Å². The number of rotatable bonds is 38. The van der Waals surface area contributed by atoms with E-state index in [1.165, 1.54) is 28.3 Å². The SMILES string of the molecule is CCOC(=O)CCn1cc(-c2nc(C)cc(OCC[Si](C)(C)C)n2)cn1.CCOC(=O)CCn1cc(B2OC(C)(C)C(C)(C)O2)cn1.Cc1cc(=O)[nH]c(-c2cnn(CCC(=O)N3CCc4ccccc4C3)c2)n1.Cc1cc(OCC[Si](C)(C)C)nc(-c2cnn(CCC(=O)N3CCc4ccccc4C3)c2)n1.Cc1cc(OCC[Si](C)(C)C)nc(-c2cnn(CCC(=O)O)c2)n1.Cc1cc(OCC[Si](C)(C)C)nc(Cl)n1. The van der Waals surface area contributed by atoms with Crippen molar-refractivity contribution in [1.82, 2.24) is 109 Å². The molecule has 0 saturated carbocycles. The summed E-state index contributed by atoms with van der Waals surface area (Å²) in [6, 6.07) is 29.8. The molecule has 10 aromatic heterocycles. The van der Waals surface area contributed by atoms with Crippen molar-refractivity contribution in [3.05, 3.63) is 207 Å². The number of aromatic amines is 1. The molecule has 37 nitrogen and oxygen atoms in total. The average molecular weight is 2090 g/mol. The Balaban J connectivity index is 0.000000182. The molecule has 146 heavy (non-hydrogen) atoms. The highest BCUT2D eigenvalue weighted by molar-refractivity contribution is 6.77. The first kappa shape index (κ1) is 115. The third-order valence-electron chi connectivity index (χ3n) is 23.7. The van der Waals surface area contributed by atoms with Crippen molar-refractivity contribution < 1.29 is 66.8 Å². The minimum Gasteiger partial charge on any atom is -0.481 e. The summed E-state index contributed by atoms with van der Waals surface area (Å²) in [6.07, 6.45) is 20.9. The Morgan fingerprint density at radius 2 is 0.740 bits per heavy atom. The first-order valence-corrected chi connectivity index (χ1v) is 65.1. The summed E-state index contributed by atoms with van der Waals surface area (Å²) < 4.78 is 53.3. The normalized spacial score (nSPS) is 13.5. The fourth-order valence-corrected chi connectivity index (χ4v) is 17.7. The number of nitrogens with zero attached hydrogens (tertiary/aromatic N) is 21. The van der Waals surface area contributed by atoms with Gasteiger partial charge in [0, 0.05) is 186 Å². The van der Waals surface area contributed by atoms with E-state index >= 15 is 0 Å². The van der Waals surface area contributed by atoms with Gasteiger partial charge in [-0.25, -0.2) is 24.9 Å². The number of H-pyrrole nitrogens is 1. The molecule has 2 N–H and O–H groups in total. The number of carbonyl (C=O) groups excluding carboxylic acids is 4. The Kier molecular flexibility index (Phi) is 42.4. The Bertz CT molecular complexity index is 6330. The summed E-state index contributed by atoms with van der Waals surface area (Å²) >= 11 is 5.73. The number of carbonyl (C=O) groups is 5. The average Bonchev–Trinajstić information content (AvgIpc) is 1.62. The van der Waals surface area contributed by atoms with Crippen LogP contribution < -0.4 is 30.0 Å². The Hall–Kier alpha value is -12.6. The predicted molar refractivity (Wildman–Crippen MR) is 574 cm³/mol. The number of aliphatic carboxylic acids is 1. The van der Waals surface area contributed by atoms with Crippen LogP contribution in [0.4, 0.5) is 0 Å². The number of amides is 2. The predicted octanol–water partition coefficient (Wildman–Crippen LogP) is 16.7. The van der Waals surface area contributed by atoms with Crippen molar-refractivity contribution in [2.75, 3.05) is 52.7 Å². The van der Waals surface area contributed by atoms with Crippen molar-refractivity contribution in [2.24, 2.45) is 0 Å². The van der Waals surface area contributed by atoms with E-state index in [1.54, 1.807) is 93.6 Å². The van der Waals surface area contributed by atoms with Crippen molar-refractivity contribution in [3.8, 4) is 69.1 Å². The summed E-state index contributed by atoms with van der Waals surface area (Å²) in [5.74, 6) is 3.53. The van der Waals surface area contributed by atoms with Crippen LogP contribution in [0, 0.1) is 34.6 Å². The zero-order chi connectivity index (χ0) is 106. The van der Waals surface area contributed by atoms with Crippen LogP contribution in [0.3, 0.4) is 0 Å². The highest BCUT2D eigenvalue weighted by atomic mass is 35.5. The highest BCUT2D eigenvalue weighted by Crippen LogP contribution is 2.37. The van der Waals surface area contributed by atoms with Crippen LogP contribution in [0.2, 0.25) is 108 Å². The minimum absolute atomic E-state index is 0.0286. The van der Waals surface area contributed by atoms with E-state index in [-0.39, 0.29) is 58.6 Å². The van der Waals surface area contributed by atoms with Crippen molar-refractivity contribution >= 4 is 86.2 Å². The van der Waals surface area contributed by atoms with Gasteiger partial charge in [-0.05, 0) is 147 Å². The molecule has 2 amide bonds. The number of carboxylic acid groups (broad SMARTS) is 1. The first-order chi connectivity index (χ1) is 69.0. The minimum atomic E-state index is -1.16. The molecule has 3 aliphatic rings. The van der Waals surface area contributed by atoms with Gasteiger partial charge in [0.15, 0.2) is 17.5 Å². The van der Waals surface area contributed by atoms with Gasteiger partial charge in [-0.15, -0.1) is 0 Å². The molecular formula is C103H146BClN22O15Si4. The maximum atomic E-state index is 12.8. The number of fused-ring (bicyclic) bond motifs is 2. The molecule has 0 bridgehead atoms. The van der Waals surface area contributed by atoms with E-state index in [9.17, 15) is 28.8 Å². The smallest absolute Gasteiger partial charge is 0.481 e. The highest BCUT2D eigenvalue weighted by Gasteiger charge is 2.52. The molecule has 3 aliphatic heterocycles. The lowest BCUT2D eigenvalue weighted by molar-refractivity contribution is -0.144. The van der Waals surface area contributed by atoms with E-state index in [4.69, 9.17) is 54.4 Å². The molecule has 12 aromatic rings. The van der Waals surface area contributed by atoms with Gasteiger partial charge in [-0.3, -0.25) is 52.2 Å². The molecule has 43 heteroatoms. The number of nitrogens with one attached hydrogen (secondary N) is 1. The Morgan fingerprint density at radius 1 is 0.418 bits per heavy atom. The van der Waals surface area contributed by atoms with Crippen LogP contribution in [0.25, 0.3) is 45.6 Å². The Labute approximate surface area is 866 Å². The number of ether oxygens (including phenoxy) is 6. The number of esters is 2. The van der Waals surface area contributed by atoms with Crippen LogP contribution in [0.1, 0.15) is 124 Å². The van der Waals surface area contributed by atoms with Crippen molar-refractivity contribution in [3.63, 3.8) is 0 Å². The van der Waals surface area contributed by atoms with E-state index in [0.29, 0.717) is 157 Å². The lowest BCUT2D eigenvalue weighted by atomic mass is 9.82. The molecule has 15 rings (SSSR count). The second-order valence-electron chi connectivity index (χ2n) is 42.0. The van der Waals surface area contributed by atoms with Crippen LogP contribution >= 0.6 is 11.6 Å². The molecule has 13 heterocycles. The maximum absolute atomic E-state index is 12.8. The number of aryl methyl sites for hydroxylation is 10. The van der Waals surface area contributed by atoms with Gasteiger partial charge in [0.1, 0.15) is 5.82 Å². The second kappa shape index (κ2) is 53.6. The molecule has 1 fully saturated rings. The summed E-state index contributed by atoms with van der Waals surface area (Å²) in [7, 11) is -4.91. The zero-order valence-corrected chi connectivity index (χ0v) is 93.9. The molecule has 0 unspecified atom stereocenters.